The summed E-state index contributed by atoms with van der Waals surface area (Å²) in [5.41, 5.74) is 0. The Hall–Kier alpha value is 0.650. The SMILES string of the molecule is CC(C)OCCOCCCCCCI. The molecule has 0 aromatic rings. The molecule has 0 aliphatic carbocycles. The second kappa shape index (κ2) is 11.7. The van der Waals surface area contributed by atoms with Crippen molar-refractivity contribution in [3.05, 3.63) is 0 Å². The standard InChI is InChI=1S/C11H23IO2/c1-11(2)14-10-9-13-8-6-4-3-5-7-12/h11H,3-10H2,1-2H3. The smallest absolute Gasteiger partial charge is 0.0703 e. The topological polar surface area (TPSA) is 18.5 Å². The predicted octanol–water partition coefficient (Wildman–Crippen LogP) is 3.42. The van der Waals surface area contributed by atoms with Gasteiger partial charge in [-0.15, -0.1) is 0 Å². The maximum Gasteiger partial charge on any atom is 0.0703 e. The molecule has 0 saturated heterocycles. The van der Waals surface area contributed by atoms with Gasteiger partial charge in [-0.3, -0.25) is 0 Å². The van der Waals surface area contributed by atoms with Crippen molar-refractivity contribution in [3.8, 4) is 0 Å². The van der Waals surface area contributed by atoms with Crippen LogP contribution in [-0.2, 0) is 9.47 Å². The zero-order chi connectivity index (χ0) is 10.6. The summed E-state index contributed by atoms with van der Waals surface area (Å²) in [4.78, 5) is 0. The summed E-state index contributed by atoms with van der Waals surface area (Å²) in [5.74, 6) is 0. The Labute approximate surface area is 102 Å². The molecule has 0 bridgehead atoms. The fourth-order valence-electron chi connectivity index (χ4n) is 1.10. The molecule has 14 heavy (non-hydrogen) atoms. The Kier molecular flexibility index (Phi) is 12.3. The van der Waals surface area contributed by atoms with Gasteiger partial charge in [-0.05, 0) is 31.1 Å². The van der Waals surface area contributed by atoms with Crippen LogP contribution in [0.3, 0.4) is 0 Å². The van der Waals surface area contributed by atoms with Crippen LogP contribution >= 0.6 is 22.6 Å². The molecule has 3 heteroatoms. The molecule has 0 aromatic carbocycles. The largest absolute Gasteiger partial charge is 0.379 e. The number of unbranched alkanes of at least 4 members (excludes halogenated alkanes) is 3. The van der Waals surface area contributed by atoms with Gasteiger partial charge in [0.2, 0.25) is 0 Å². The van der Waals surface area contributed by atoms with Crippen LogP contribution < -0.4 is 0 Å². The first-order valence-corrected chi connectivity index (χ1v) is 7.05. The Morgan fingerprint density at radius 2 is 1.64 bits per heavy atom. The molecule has 0 saturated carbocycles. The summed E-state index contributed by atoms with van der Waals surface area (Å²) < 4.78 is 12.1. The lowest BCUT2D eigenvalue weighted by Crippen LogP contribution is -2.10. The lowest BCUT2D eigenvalue weighted by atomic mass is 10.2. The molecule has 0 radical (unpaired) electrons. The van der Waals surface area contributed by atoms with Gasteiger partial charge in [0.25, 0.3) is 0 Å². The quantitative estimate of drug-likeness (QED) is 0.349. The third-order valence-corrected chi connectivity index (χ3v) is 2.61. The summed E-state index contributed by atoms with van der Waals surface area (Å²) in [6, 6.07) is 0. The molecule has 2 nitrogen and oxygen atoms in total. The van der Waals surface area contributed by atoms with Crippen LogP contribution in [0.5, 0.6) is 0 Å². The lowest BCUT2D eigenvalue weighted by molar-refractivity contribution is 0.0187. The lowest BCUT2D eigenvalue weighted by Gasteiger charge is -2.07. The van der Waals surface area contributed by atoms with Crippen molar-refractivity contribution in [2.75, 3.05) is 24.2 Å². The van der Waals surface area contributed by atoms with Crippen molar-refractivity contribution in [2.24, 2.45) is 0 Å². The van der Waals surface area contributed by atoms with Gasteiger partial charge in [0, 0.05) is 6.61 Å². The molecule has 0 aromatic heterocycles. The Morgan fingerprint density at radius 1 is 0.929 bits per heavy atom. The predicted molar refractivity (Wildman–Crippen MR) is 69.3 cm³/mol. The molecule has 86 valence electrons. The van der Waals surface area contributed by atoms with Gasteiger partial charge in [-0.25, -0.2) is 0 Å². The van der Waals surface area contributed by atoms with Gasteiger partial charge in [-0.2, -0.15) is 0 Å². The van der Waals surface area contributed by atoms with Crippen LogP contribution in [0.4, 0.5) is 0 Å². The zero-order valence-corrected chi connectivity index (χ0v) is 11.6. The van der Waals surface area contributed by atoms with Crippen molar-refractivity contribution >= 4 is 22.6 Å². The molecule has 0 fully saturated rings. The normalized spacial score (nSPS) is 11.1. The Morgan fingerprint density at radius 3 is 2.29 bits per heavy atom. The third-order valence-electron chi connectivity index (χ3n) is 1.85. The zero-order valence-electron chi connectivity index (χ0n) is 9.43. The molecule has 0 unspecified atom stereocenters. The second-order valence-electron chi connectivity index (χ2n) is 3.64. The first-order valence-electron chi connectivity index (χ1n) is 5.52. The van der Waals surface area contributed by atoms with Crippen molar-refractivity contribution in [1.29, 1.82) is 0 Å². The monoisotopic (exact) mass is 314 g/mol. The van der Waals surface area contributed by atoms with Crippen LogP contribution in [0.25, 0.3) is 0 Å². The van der Waals surface area contributed by atoms with Crippen molar-refractivity contribution in [1.82, 2.24) is 0 Å². The number of ether oxygens (including phenoxy) is 2. The summed E-state index contributed by atoms with van der Waals surface area (Å²) in [6.45, 7) is 6.45. The molecule has 0 heterocycles. The summed E-state index contributed by atoms with van der Waals surface area (Å²) in [5, 5.41) is 0. The Balaban J connectivity index is 2.85. The first-order chi connectivity index (χ1) is 6.77. The van der Waals surface area contributed by atoms with Gasteiger partial charge in [0.15, 0.2) is 0 Å². The van der Waals surface area contributed by atoms with E-state index < -0.39 is 0 Å². The number of hydrogen-bond acceptors (Lipinski definition) is 2. The van der Waals surface area contributed by atoms with Crippen molar-refractivity contribution in [2.45, 2.75) is 45.6 Å². The number of rotatable bonds is 10. The minimum atomic E-state index is 0.322. The van der Waals surface area contributed by atoms with E-state index in [0.29, 0.717) is 6.10 Å². The third kappa shape index (κ3) is 12.7. The summed E-state index contributed by atoms with van der Waals surface area (Å²) >= 11 is 2.43. The second-order valence-corrected chi connectivity index (χ2v) is 4.71. The van der Waals surface area contributed by atoms with Gasteiger partial charge in [-0.1, -0.05) is 35.4 Å². The minimum Gasteiger partial charge on any atom is -0.379 e. The van der Waals surface area contributed by atoms with Crippen LogP contribution in [-0.4, -0.2) is 30.4 Å². The van der Waals surface area contributed by atoms with E-state index in [1.165, 1.54) is 30.1 Å². The minimum absolute atomic E-state index is 0.322. The van der Waals surface area contributed by atoms with Crippen LogP contribution in [0.2, 0.25) is 0 Å². The fourth-order valence-corrected chi connectivity index (χ4v) is 1.64. The highest BCUT2D eigenvalue weighted by Gasteiger charge is 1.93. The molecular formula is C11H23IO2. The summed E-state index contributed by atoms with van der Waals surface area (Å²) in [6.07, 6.45) is 5.50. The van der Waals surface area contributed by atoms with Crippen molar-refractivity contribution in [3.63, 3.8) is 0 Å². The van der Waals surface area contributed by atoms with E-state index in [2.05, 4.69) is 22.6 Å². The number of halogens is 1. The van der Waals surface area contributed by atoms with E-state index >= 15 is 0 Å². The van der Waals surface area contributed by atoms with Gasteiger partial charge < -0.3 is 9.47 Å². The fraction of sp³-hybridized carbons (Fsp3) is 1.00. The highest BCUT2D eigenvalue weighted by atomic mass is 127. The van der Waals surface area contributed by atoms with Crippen molar-refractivity contribution < 1.29 is 9.47 Å². The maximum atomic E-state index is 5.44. The van der Waals surface area contributed by atoms with E-state index in [0.717, 1.165) is 19.8 Å². The van der Waals surface area contributed by atoms with E-state index in [1.807, 2.05) is 13.8 Å². The number of hydrogen-bond donors (Lipinski definition) is 0. The Bertz CT molecular complexity index is 107. The number of alkyl halides is 1. The van der Waals surface area contributed by atoms with E-state index in [4.69, 9.17) is 9.47 Å². The molecule has 0 aliphatic rings. The van der Waals surface area contributed by atoms with E-state index in [9.17, 15) is 0 Å². The van der Waals surface area contributed by atoms with E-state index in [1.54, 1.807) is 0 Å². The van der Waals surface area contributed by atoms with Gasteiger partial charge in [0.05, 0.1) is 19.3 Å². The van der Waals surface area contributed by atoms with Crippen LogP contribution in [0.1, 0.15) is 39.5 Å². The average Bonchev–Trinajstić information content (AvgIpc) is 2.15. The molecule has 0 N–H and O–H groups in total. The van der Waals surface area contributed by atoms with E-state index in [-0.39, 0.29) is 0 Å². The first kappa shape index (κ1) is 14.6. The van der Waals surface area contributed by atoms with Gasteiger partial charge >= 0.3 is 0 Å². The van der Waals surface area contributed by atoms with Crippen LogP contribution in [0, 0.1) is 0 Å². The molecule has 0 spiro atoms. The molecule has 0 rings (SSSR count). The highest BCUT2D eigenvalue weighted by Crippen LogP contribution is 2.02. The summed E-state index contributed by atoms with van der Waals surface area (Å²) in [7, 11) is 0. The molecular weight excluding hydrogens is 291 g/mol. The average molecular weight is 314 g/mol. The maximum absolute atomic E-state index is 5.44. The highest BCUT2D eigenvalue weighted by molar-refractivity contribution is 14.1. The molecule has 0 amide bonds. The molecule has 0 atom stereocenters. The van der Waals surface area contributed by atoms with Gasteiger partial charge in [0.1, 0.15) is 0 Å². The molecule has 0 aliphatic heterocycles. The van der Waals surface area contributed by atoms with Crippen LogP contribution in [0.15, 0.2) is 0 Å².